The minimum atomic E-state index is -4.31. The molecule has 2 saturated heterocycles. The Morgan fingerprint density at radius 3 is 1.43 bits per heavy atom. The Hall–Kier alpha value is -2.69. The highest BCUT2D eigenvalue weighted by atomic mass is 31.2. The molecule has 16 nitrogen and oxygen atoms in total. The van der Waals surface area contributed by atoms with Gasteiger partial charge in [0.15, 0.2) is 0 Å². The fourth-order valence-corrected chi connectivity index (χ4v) is 7.82. The fourth-order valence-electron chi connectivity index (χ4n) is 6.59. The van der Waals surface area contributed by atoms with Crippen molar-refractivity contribution >= 4 is 7.82 Å². The van der Waals surface area contributed by atoms with Crippen LogP contribution in [0, 0.1) is 13.8 Å². The molecule has 0 amide bonds. The lowest BCUT2D eigenvalue weighted by atomic mass is 10.0. The van der Waals surface area contributed by atoms with Crippen molar-refractivity contribution in [3.63, 3.8) is 0 Å². The number of nitrogens with zero attached hydrogens (tertiary/aromatic N) is 2. The highest BCUT2D eigenvalue weighted by molar-refractivity contribution is 7.48. The van der Waals surface area contributed by atoms with Gasteiger partial charge in [0.2, 0.25) is 0 Å². The topological polar surface area (TPSA) is 213 Å². The van der Waals surface area contributed by atoms with E-state index in [9.17, 15) is 34.0 Å². The third-order valence-electron chi connectivity index (χ3n) is 9.86. The highest BCUT2D eigenvalue weighted by Gasteiger charge is 2.41. The first-order chi connectivity index (χ1) is 25.4. The second kappa shape index (κ2) is 21.4. The van der Waals surface area contributed by atoms with Crippen molar-refractivity contribution in [2.24, 2.45) is 0 Å². The summed E-state index contributed by atoms with van der Waals surface area (Å²) in [5.74, 6) is 0. The maximum Gasteiger partial charge on any atom is 0.474 e. The number of nitrogens with one attached hydrogen (secondary N) is 2. The lowest BCUT2D eigenvalue weighted by molar-refractivity contribution is -0.0608. The first-order valence-electron chi connectivity index (χ1n) is 19.3. The minimum Gasteiger partial charge on any atom is -0.390 e. The summed E-state index contributed by atoms with van der Waals surface area (Å²) in [4.78, 5) is 52.8. The third-order valence-corrected chi connectivity index (χ3v) is 11.3. The quantitative estimate of drug-likeness (QED) is 0.0849. The third kappa shape index (κ3) is 13.2. The summed E-state index contributed by atoms with van der Waals surface area (Å²) in [7, 11) is -4.31. The summed E-state index contributed by atoms with van der Waals surface area (Å²) in [6.07, 6.45) is 13.1. The molecule has 2 aliphatic rings. The van der Waals surface area contributed by atoms with Gasteiger partial charge in [-0.2, -0.15) is 0 Å². The van der Waals surface area contributed by atoms with Crippen LogP contribution in [0.2, 0.25) is 0 Å². The Morgan fingerprint density at radius 2 is 1.04 bits per heavy atom. The van der Waals surface area contributed by atoms with Crippen molar-refractivity contribution in [3.05, 3.63) is 65.2 Å². The summed E-state index contributed by atoms with van der Waals surface area (Å²) in [6.45, 7) is 4.56. The molecule has 2 aromatic rings. The van der Waals surface area contributed by atoms with E-state index in [1.165, 1.54) is 99.6 Å². The van der Waals surface area contributed by atoms with Gasteiger partial charge in [-0.25, -0.2) is 14.2 Å². The van der Waals surface area contributed by atoms with Gasteiger partial charge >= 0.3 is 19.2 Å². The summed E-state index contributed by atoms with van der Waals surface area (Å²) >= 11 is 0. The zero-order valence-corrected chi connectivity index (χ0v) is 32.3. The van der Waals surface area contributed by atoms with E-state index in [0.717, 1.165) is 19.3 Å². The van der Waals surface area contributed by atoms with Crippen molar-refractivity contribution < 1.29 is 37.8 Å². The number of phosphoric ester groups is 1. The standard InChI is InChI=1S/C36H59N4O12P/c1-4-5-6-7-8-9-10-11-12-13-14-15-16-17-18-48-53(47,49-23-29-27(41)19-31(51-29)39-21-25(2)33(43)37-35(39)45)50-24-30-28(42)20-32(52-30)40-22-26(3)34(44)38-36(40)46/h21-22,27-32,41-42H,4-20,23-24H2,1-3H3,(H,37,43,45)(H,38,44,46)/t27-,28-,29+,30+,31+,32+/m0/s1. The van der Waals surface area contributed by atoms with Crippen LogP contribution in [0.15, 0.2) is 31.6 Å². The number of hydrogen-bond acceptors (Lipinski definition) is 12. The van der Waals surface area contributed by atoms with Crippen molar-refractivity contribution in [2.45, 2.75) is 160 Å². The van der Waals surface area contributed by atoms with Crippen LogP contribution >= 0.6 is 7.82 Å². The molecule has 0 spiro atoms. The normalized spacial score (nSPS) is 23.3. The van der Waals surface area contributed by atoms with Gasteiger partial charge < -0.3 is 19.7 Å². The number of aliphatic hydroxyl groups excluding tert-OH is 2. The molecule has 2 aromatic heterocycles. The number of aromatic amines is 2. The van der Waals surface area contributed by atoms with E-state index in [0.29, 0.717) is 6.42 Å². The van der Waals surface area contributed by atoms with Crippen LogP contribution in [0.1, 0.15) is 133 Å². The van der Waals surface area contributed by atoms with Crippen LogP contribution in [0.25, 0.3) is 0 Å². The Morgan fingerprint density at radius 1 is 0.660 bits per heavy atom. The highest BCUT2D eigenvalue weighted by Crippen LogP contribution is 2.51. The molecule has 0 bridgehead atoms. The van der Waals surface area contributed by atoms with E-state index in [1.54, 1.807) is 0 Å². The molecule has 0 saturated carbocycles. The number of ether oxygens (including phenoxy) is 2. The van der Waals surface area contributed by atoms with E-state index in [1.807, 2.05) is 0 Å². The van der Waals surface area contributed by atoms with Crippen LogP contribution in [0.3, 0.4) is 0 Å². The molecule has 6 atom stereocenters. The summed E-state index contributed by atoms with van der Waals surface area (Å²) in [6, 6.07) is 0. The molecule has 2 fully saturated rings. The average Bonchev–Trinajstić information content (AvgIpc) is 3.68. The van der Waals surface area contributed by atoms with E-state index >= 15 is 0 Å². The van der Waals surface area contributed by atoms with Crippen LogP contribution in [-0.4, -0.2) is 73.6 Å². The number of aliphatic hydroxyl groups is 2. The summed E-state index contributed by atoms with van der Waals surface area (Å²) in [5.41, 5.74) is -1.87. The number of unbranched alkanes of at least 4 members (excludes halogenated alkanes) is 13. The molecule has 0 radical (unpaired) electrons. The van der Waals surface area contributed by atoms with Crippen molar-refractivity contribution in [3.8, 4) is 0 Å². The van der Waals surface area contributed by atoms with Gasteiger partial charge in [0.1, 0.15) is 24.7 Å². The maximum absolute atomic E-state index is 13.9. The molecule has 0 aromatic carbocycles. The largest absolute Gasteiger partial charge is 0.474 e. The number of aromatic nitrogens is 4. The fraction of sp³-hybridized carbons (Fsp3) is 0.778. The monoisotopic (exact) mass is 770 g/mol. The van der Waals surface area contributed by atoms with Gasteiger partial charge in [-0.05, 0) is 20.3 Å². The molecule has 300 valence electrons. The first kappa shape index (κ1) is 43.0. The molecule has 4 heterocycles. The maximum atomic E-state index is 13.9. The number of aryl methyl sites for hydroxylation is 2. The molecule has 0 aliphatic carbocycles. The van der Waals surface area contributed by atoms with Crippen molar-refractivity contribution in [1.82, 2.24) is 19.1 Å². The van der Waals surface area contributed by atoms with E-state index in [4.69, 9.17) is 23.0 Å². The Kier molecular flexibility index (Phi) is 17.4. The lowest BCUT2D eigenvalue weighted by Crippen LogP contribution is -2.33. The molecular formula is C36H59N4O12P. The van der Waals surface area contributed by atoms with Crippen LogP contribution in [-0.2, 0) is 27.6 Å². The summed E-state index contributed by atoms with van der Waals surface area (Å²) in [5, 5.41) is 21.4. The van der Waals surface area contributed by atoms with Gasteiger partial charge in [-0.3, -0.25) is 42.3 Å². The molecule has 4 rings (SSSR count). The van der Waals surface area contributed by atoms with Gasteiger partial charge in [0.25, 0.3) is 11.1 Å². The Balaban J connectivity index is 1.27. The number of rotatable bonds is 24. The van der Waals surface area contributed by atoms with Crippen molar-refractivity contribution in [1.29, 1.82) is 0 Å². The van der Waals surface area contributed by atoms with Crippen LogP contribution in [0.5, 0.6) is 0 Å². The molecule has 53 heavy (non-hydrogen) atoms. The molecule has 0 unspecified atom stereocenters. The first-order valence-corrected chi connectivity index (χ1v) is 20.7. The van der Waals surface area contributed by atoms with E-state index in [-0.39, 0.29) is 30.6 Å². The second-order valence-corrected chi connectivity index (χ2v) is 16.0. The molecule has 17 heteroatoms. The smallest absolute Gasteiger partial charge is 0.390 e. The van der Waals surface area contributed by atoms with Crippen molar-refractivity contribution in [2.75, 3.05) is 19.8 Å². The average molecular weight is 771 g/mol. The van der Waals surface area contributed by atoms with Gasteiger partial charge in [0, 0.05) is 36.4 Å². The van der Waals surface area contributed by atoms with Gasteiger partial charge in [-0.15, -0.1) is 0 Å². The second-order valence-electron chi connectivity index (χ2n) is 14.3. The van der Waals surface area contributed by atoms with Crippen LogP contribution < -0.4 is 22.5 Å². The van der Waals surface area contributed by atoms with E-state index < -0.39 is 80.4 Å². The molecule has 4 N–H and O–H groups in total. The lowest BCUT2D eigenvalue weighted by Gasteiger charge is -2.23. The SMILES string of the molecule is CCCCCCCCCCCCCCCCOP(=O)(OC[C@H]1O[C@@H](n2cc(C)c(=O)[nH]c2=O)C[C@@H]1O)OC[C@H]1O[C@@H](n2cc(C)c(=O)[nH]c2=O)C[C@@H]1O. The predicted octanol–water partition coefficient (Wildman–Crippen LogP) is 4.64. The Bertz CT molecular complexity index is 1600. The van der Waals surface area contributed by atoms with Crippen LogP contribution in [0.4, 0.5) is 0 Å². The predicted molar refractivity (Wildman–Crippen MR) is 197 cm³/mol. The number of H-pyrrole nitrogens is 2. The Labute approximate surface area is 309 Å². The van der Waals surface area contributed by atoms with Gasteiger partial charge in [0.05, 0.1) is 32.0 Å². The minimum absolute atomic E-state index is 0.0115. The number of phosphoric acid groups is 1. The number of hydrogen-bond donors (Lipinski definition) is 4. The molecular weight excluding hydrogens is 711 g/mol. The van der Waals surface area contributed by atoms with Gasteiger partial charge in [-0.1, -0.05) is 90.4 Å². The summed E-state index contributed by atoms with van der Waals surface area (Å²) < 4.78 is 45.0. The van der Waals surface area contributed by atoms with E-state index in [2.05, 4.69) is 16.9 Å². The zero-order chi connectivity index (χ0) is 38.4. The molecule has 2 aliphatic heterocycles. The zero-order valence-electron chi connectivity index (χ0n) is 31.4.